The van der Waals surface area contributed by atoms with Gasteiger partial charge in [-0.2, -0.15) is 0 Å². The molecule has 0 unspecified atom stereocenters. The summed E-state index contributed by atoms with van der Waals surface area (Å²) in [6.45, 7) is 6.21. The summed E-state index contributed by atoms with van der Waals surface area (Å²) in [4.78, 5) is 0. The first kappa shape index (κ1) is 15.8. The quantitative estimate of drug-likeness (QED) is 0.705. The van der Waals surface area contributed by atoms with Crippen molar-refractivity contribution >= 4 is 0 Å². The zero-order chi connectivity index (χ0) is 14.3. The van der Waals surface area contributed by atoms with Gasteiger partial charge in [-0.3, -0.25) is 0 Å². The summed E-state index contributed by atoms with van der Waals surface area (Å²) in [6.07, 6.45) is 0.937. The van der Waals surface area contributed by atoms with Gasteiger partial charge in [-0.15, -0.1) is 0 Å². The van der Waals surface area contributed by atoms with Crippen LogP contribution in [0.5, 0.6) is 11.5 Å². The van der Waals surface area contributed by atoms with E-state index in [0.717, 1.165) is 31.0 Å². The lowest BCUT2D eigenvalue weighted by molar-refractivity contribution is 0.386. The fourth-order valence-corrected chi connectivity index (χ4v) is 1.77. The molecule has 0 radical (unpaired) electrons. The maximum Gasteiger partial charge on any atom is 0.125 e. The number of ether oxygens (including phenoxy) is 2. The topological polar surface area (TPSA) is 42.5 Å². The molecule has 2 N–H and O–H groups in total. The molecular weight excluding hydrogens is 240 g/mol. The van der Waals surface area contributed by atoms with E-state index in [2.05, 4.69) is 30.5 Å². The van der Waals surface area contributed by atoms with E-state index in [1.165, 1.54) is 5.56 Å². The number of rotatable bonds is 8. The molecule has 0 aromatic heterocycles. The van der Waals surface area contributed by atoms with Gasteiger partial charge in [-0.05, 0) is 45.5 Å². The van der Waals surface area contributed by atoms with Gasteiger partial charge in [0.2, 0.25) is 0 Å². The van der Waals surface area contributed by atoms with Crippen LogP contribution in [0.2, 0.25) is 0 Å². The number of likely N-dealkylation sites (N-methyl/N-ethyl adjacent to an activating group) is 1. The molecule has 108 valence electrons. The van der Waals surface area contributed by atoms with Crippen molar-refractivity contribution in [2.75, 3.05) is 34.4 Å². The maximum absolute atomic E-state index is 5.39. The predicted molar refractivity (Wildman–Crippen MR) is 79.3 cm³/mol. The molecule has 1 aromatic carbocycles. The van der Waals surface area contributed by atoms with Gasteiger partial charge in [0.25, 0.3) is 0 Å². The summed E-state index contributed by atoms with van der Waals surface area (Å²) < 4.78 is 10.6. The molecular formula is C15H26N2O2. The standard InChI is InChI=1S/C15H26N2O2/c1-15(2,16-3)11-17-9-8-12-6-7-13(18-4)10-14(12)19-5/h6-7,10,16-17H,8-9,11H2,1-5H3. The van der Waals surface area contributed by atoms with E-state index < -0.39 is 0 Å². The molecule has 0 aliphatic heterocycles. The number of hydrogen-bond donors (Lipinski definition) is 2. The molecule has 0 saturated carbocycles. The van der Waals surface area contributed by atoms with Crippen molar-refractivity contribution in [1.29, 1.82) is 0 Å². The van der Waals surface area contributed by atoms with Crippen molar-refractivity contribution in [3.63, 3.8) is 0 Å². The Kier molecular flexibility index (Phi) is 6.12. The lowest BCUT2D eigenvalue weighted by Crippen LogP contribution is -2.46. The van der Waals surface area contributed by atoms with Gasteiger partial charge in [0.15, 0.2) is 0 Å². The normalized spacial score (nSPS) is 11.4. The van der Waals surface area contributed by atoms with Crippen molar-refractivity contribution in [1.82, 2.24) is 10.6 Å². The highest BCUT2D eigenvalue weighted by molar-refractivity contribution is 5.40. The van der Waals surface area contributed by atoms with Crippen molar-refractivity contribution in [3.8, 4) is 11.5 Å². The molecule has 4 nitrogen and oxygen atoms in total. The van der Waals surface area contributed by atoms with Crippen molar-refractivity contribution in [2.45, 2.75) is 25.8 Å². The number of hydrogen-bond acceptors (Lipinski definition) is 4. The Labute approximate surface area is 116 Å². The van der Waals surface area contributed by atoms with Crippen LogP contribution < -0.4 is 20.1 Å². The maximum atomic E-state index is 5.39. The van der Waals surface area contributed by atoms with Gasteiger partial charge >= 0.3 is 0 Å². The highest BCUT2D eigenvalue weighted by Gasteiger charge is 2.13. The zero-order valence-electron chi connectivity index (χ0n) is 12.7. The third-order valence-corrected chi connectivity index (χ3v) is 3.31. The largest absolute Gasteiger partial charge is 0.497 e. The third-order valence-electron chi connectivity index (χ3n) is 3.31. The van der Waals surface area contributed by atoms with Crippen molar-refractivity contribution in [2.24, 2.45) is 0 Å². The first-order chi connectivity index (χ1) is 9.02. The molecule has 0 aliphatic rings. The van der Waals surface area contributed by atoms with Crippen LogP contribution in [-0.2, 0) is 6.42 Å². The van der Waals surface area contributed by atoms with E-state index in [4.69, 9.17) is 9.47 Å². The van der Waals surface area contributed by atoms with Gasteiger partial charge in [0, 0.05) is 18.2 Å². The molecule has 1 rings (SSSR count). The number of nitrogens with one attached hydrogen (secondary N) is 2. The highest BCUT2D eigenvalue weighted by atomic mass is 16.5. The summed E-state index contributed by atoms with van der Waals surface area (Å²) in [5.41, 5.74) is 1.31. The van der Waals surface area contributed by atoms with Crippen molar-refractivity contribution in [3.05, 3.63) is 23.8 Å². The van der Waals surface area contributed by atoms with Crippen LogP contribution in [0.3, 0.4) is 0 Å². The summed E-state index contributed by atoms with van der Waals surface area (Å²) in [7, 11) is 5.33. The Hall–Kier alpha value is -1.26. The van der Waals surface area contributed by atoms with E-state index in [1.54, 1.807) is 14.2 Å². The monoisotopic (exact) mass is 266 g/mol. The number of methoxy groups -OCH3 is 2. The second-order valence-electron chi connectivity index (χ2n) is 5.24. The first-order valence-corrected chi connectivity index (χ1v) is 6.63. The Bertz CT molecular complexity index is 392. The third kappa shape index (κ3) is 5.09. The van der Waals surface area contributed by atoms with Gasteiger partial charge in [0.05, 0.1) is 14.2 Å². The minimum atomic E-state index is 0.115. The van der Waals surface area contributed by atoms with Crippen LogP contribution in [0.25, 0.3) is 0 Å². The van der Waals surface area contributed by atoms with Crippen LogP contribution in [0.15, 0.2) is 18.2 Å². The van der Waals surface area contributed by atoms with Crippen LogP contribution >= 0.6 is 0 Å². The van der Waals surface area contributed by atoms with Crippen molar-refractivity contribution < 1.29 is 9.47 Å². The Morgan fingerprint density at radius 3 is 2.47 bits per heavy atom. The molecule has 4 heteroatoms. The second kappa shape index (κ2) is 7.36. The highest BCUT2D eigenvalue weighted by Crippen LogP contribution is 2.24. The average Bonchev–Trinajstić information content (AvgIpc) is 2.43. The van der Waals surface area contributed by atoms with Gasteiger partial charge in [-0.1, -0.05) is 6.07 Å². The van der Waals surface area contributed by atoms with Gasteiger partial charge in [-0.25, -0.2) is 0 Å². The van der Waals surface area contributed by atoms with Crippen LogP contribution in [0.1, 0.15) is 19.4 Å². The molecule has 0 heterocycles. The Morgan fingerprint density at radius 1 is 1.16 bits per heavy atom. The van der Waals surface area contributed by atoms with E-state index in [9.17, 15) is 0 Å². The molecule has 0 aliphatic carbocycles. The SMILES string of the molecule is CNC(C)(C)CNCCc1ccc(OC)cc1OC. The molecule has 0 bridgehead atoms. The van der Waals surface area contributed by atoms with Gasteiger partial charge < -0.3 is 20.1 Å². The minimum absolute atomic E-state index is 0.115. The molecule has 0 atom stereocenters. The summed E-state index contributed by atoms with van der Waals surface area (Å²) in [6, 6.07) is 5.95. The first-order valence-electron chi connectivity index (χ1n) is 6.63. The summed E-state index contributed by atoms with van der Waals surface area (Å²) >= 11 is 0. The average molecular weight is 266 g/mol. The minimum Gasteiger partial charge on any atom is -0.497 e. The summed E-state index contributed by atoms with van der Waals surface area (Å²) in [5, 5.41) is 6.73. The Balaban J connectivity index is 2.49. The van der Waals surface area contributed by atoms with E-state index >= 15 is 0 Å². The van der Waals surface area contributed by atoms with Crippen LogP contribution in [0.4, 0.5) is 0 Å². The van der Waals surface area contributed by atoms with Gasteiger partial charge in [0.1, 0.15) is 11.5 Å². The molecule has 0 fully saturated rings. The van der Waals surface area contributed by atoms with E-state index in [1.807, 2.05) is 19.2 Å². The summed E-state index contributed by atoms with van der Waals surface area (Å²) in [5.74, 6) is 1.71. The molecule has 19 heavy (non-hydrogen) atoms. The van der Waals surface area contributed by atoms with E-state index in [0.29, 0.717) is 0 Å². The lowest BCUT2D eigenvalue weighted by atomic mass is 10.1. The predicted octanol–water partition coefficient (Wildman–Crippen LogP) is 1.83. The fraction of sp³-hybridized carbons (Fsp3) is 0.600. The molecule has 0 spiro atoms. The second-order valence-corrected chi connectivity index (χ2v) is 5.24. The van der Waals surface area contributed by atoms with Crippen LogP contribution in [-0.4, -0.2) is 39.9 Å². The zero-order valence-corrected chi connectivity index (χ0v) is 12.7. The number of benzene rings is 1. The van der Waals surface area contributed by atoms with E-state index in [-0.39, 0.29) is 5.54 Å². The smallest absolute Gasteiger partial charge is 0.125 e. The molecule has 0 saturated heterocycles. The molecule has 0 amide bonds. The Morgan fingerprint density at radius 2 is 1.89 bits per heavy atom. The lowest BCUT2D eigenvalue weighted by Gasteiger charge is -2.24. The van der Waals surface area contributed by atoms with Crippen LogP contribution in [0, 0.1) is 0 Å². The molecule has 1 aromatic rings. The fourth-order valence-electron chi connectivity index (χ4n) is 1.77.